The third-order valence-corrected chi connectivity index (χ3v) is 4.82. The summed E-state index contributed by atoms with van der Waals surface area (Å²) in [5, 5.41) is 3.40. The molecule has 0 unspecified atom stereocenters. The zero-order valence-electron chi connectivity index (χ0n) is 15.5. The second kappa shape index (κ2) is 9.74. The Hall–Kier alpha value is -2.08. The second-order valence-corrected chi connectivity index (χ2v) is 7.02. The molecule has 0 bridgehead atoms. The molecule has 0 aromatic heterocycles. The summed E-state index contributed by atoms with van der Waals surface area (Å²) in [5.41, 5.74) is 2.32. The molecule has 1 fully saturated rings. The van der Waals surface area contributed by atoms with Gasteiger partial charge in [0.05, 0.1) is 18.2 Å². The first-order valence-electron chi connectivity index (χ1n) is 9.18. The minimum atomic E-state index is -0.620. The zero-order valence-corrected chi connectivity index (χ0v) is 16.2. The number of benzene rings is 2. The summed E-state index contributed by atoms with van der Waals surface area (Å²) in [6, 6.07) is 15.5. The minimum Gasteiger partial charge on any atom is -0.479 e. The topological polar surface area (TPSA) is 50.8 Å². The predicted octanol–water partition coefficient (Wildman–Crippen LogP) is 3.26. The van der Waals surface area contributed by atoms with Crippen molar-refractivity contribution in [3.05, 3.63) is 64.7 Å². The highest BCUT2D eigenvalue weighted by molar-refractivity contribution is 6.32. The third kappa shape index (κ3) is 5.96. The normalized spacial score (nSPS) is 15.9. The average molecular weight is 389 g/mol. The van der Waals surface area contributed by atoms with Crippen LogP contribution in [0.1, 0.15) is 18.1 Å². The van der Waals surface area contributed by atoms with E-state index in [1.54, 1.807) is 19.1 Å². The van der Waals surface area contributed by atoms with Crippen LogP contribution in [0.25, 0.3) is 0 Å². The Kier molecular flexibility index (Phi) is 7.10. The van der Waals surface area contributed by atoms with Gasteiger partial charge in [0.15, 0.2) is 6.10 Å². The van der Waals surface area contributed by atoms with Crippen molar-refractivity contribution in [2.24, 2.45) is 0 Å². The maximum Gasteiger partial charge on any atom is 0.261 e. The molecule has 6 heteroatoms. The number of hydrogen-bond acceptors (Lipinski definition) is 4. The van der Waals surface area contributed by atoms with E-state index >= 15 is 0 Å². The minimum absolute atomic E-state index is 0.174. The molecule has 1 atom stereocenters. The van der Waals surface area contributed by atoms with Crippen LogP contribution < -0.4 is 10.1 Å². The Balaban J connectivity index is 1.46. The van der Waals surface area contributed by atoms with Crippen LogP contribution in [-0.2, 0) is 22.6 Å². The molecule has 5 nitrogen and oxygen atoms in total. The number of halogens is 1. The fourth-order valence-electron chi connectivity index (χ4n) is 2.90. The standard InChI is InChI=1S/C21H25ClN2O3/c1-16(27-20-5-3-2-4-19(20)22)21(25)23-14-17-6-8-18(9-7-17)15-24-10-12-26-13-11-24/h2-9,16H,10-15H2,1H3,(H,23,25)/t16-/m0/s1. The summed E-state index contributed by atoms with van der Waals surface area (Å²) in [4.78, 5) is 14.6. The van der Waals surface area contributed by atoms with Gasteiger partial charge in [-0.25, -0.2) is 0 Å². The van der Waals surface area contributed by atoms with Crippen LogP contribution in [0.5, 0.6) is 5.75 Å². The van der Waals surface area contributed by atoms with Gasteiger partial charge in [0, 0.05) is 26.2 Å². The van der Waals surface area contributed by atoms with Crippen LogP contribution in [0.4, 0.5) is 0 Å². The van der Waals surface area contributed by atoms with Gasteiger partial charge in [-0.3, -0.25) is 9.69 Å². The van der Waals surface area contributed by atoms with Gasteiger partial charge >= 0.3 is 0 Å². The van der Waals surface area contributed by atoms with Gasteiger partial charge in [-0.2, -0.15) is 0 Å². The highest BCUT2D eigenvalue weighted by Gasteiger charge is 2.15. The van der Waals surface area contributed by atoms with Gasteiger partial charge in [-0.15, -0.1) is 0 Å². The summed E-state index contributed by atoms with van der Waals surface area (Å²) >= 11 is 6.06. The lowest BCUT2D eigenvalue weighted by Gasteiger charge is -2.26. The van der Waals surface area contributed by atoms with E-state index in [-0.39, 0.29) is 5.91 Å². The van der Waals surface area contributed by atoms with Gasteiger partial charge in [-0.1, -0.05) is 48.0 Å². The van der Waals surface area contributed by atoms with Crippen LogP contribution in [0.15, 0.2) is 48.5 Å². The van der Waals surface area contributed by atoms with E-state index in [1.807, 2.05) is 12.1 Å². The summed E-state index contributed by atoms with van der Waals surface area (Å²) in [6.45, 7) is 6.66. The lowest BCUT2D eigenvalue weighted by molar-refractivity contribution is -0.127. The molecule has 1 N–H and O–H groups in total. The molecular weight excluding hydrogens is 364 g/mol. The third-order valence-electron chi connectivity index (χ3n) is 4.51. The number of amides is 1. The molecule has 0 aliphatic carbocycles. The number of ether oxygens (including phenoxy) is 2. The Morgan fingerprint density at radius 1 is 1.15 bits per heavy atom. The monoisotopic (exact) mass is 388 g/mol. The van der Waals surface area contributed by atoms with Crippen molar-refractivity contribution in [3.8, 4) is 5.75 Å². The summed E-state index contributed by atoms with van der Waals surface area (Å²) in [5.74, 6) is 0.335. The molecule has 1 saturated heterocycles. The number of carbonyl (C=O) groups excluding carboxylic acids is 1. The van der Waals surface area contributed by atoms with E-state index in [1.165, 1.54) is 5.56 Å². The van der Waals surface area contributed by atoms with Crippen molar-refractivity contribution in [2.45, 2.75) is 26.1 Å². The summed E-state index contributed by atoms with van der Waals surface area (Å²) in [7, 11) is 0. The first kappa shape index (κ1) is 19.7. The fourth-order valence-corrected chi connectivity index (χ4v) is 3.08. The van der Waals surface area contributed by atoms with E-state index in [4.69, 9.17) is 21.1 Å². The number of rotatable bonds is 7. The molecule has 0 spiro atoms. The molecule has 27 heavy (non-hydrogen) atoms. The number of nitrogens with zero attached hydrogens (tertiary/aromatic N) is 1. The fraction of sp³-hybridized carbons (Fsp3) is 0.381. The number of carbonyl (C=O) groups is 1. The molecule has 0 radical (unpaired) electrons. The molecule has 2 aromatic carbocycles. The molecule has 0 saturated carbocycles. The summed E-state index contributed by atoms with van der Waals surface area (Å²) in [6.07, 6.45) is -0.620. The number of nitrogens with one attached hydrogen (secondary N) is 1. The van der Waals surface area contributed by atoms with Crippen molar-refractivity contribution >= 4 is 17.5 Å². The first-order valence-corrected chi connectivity index (χ1v) is 9.56. The first-order chi connectivity index (χ1) is 13.1. The van der Waals surface area contributed by atoms with Crippen molar-refractivity contribution in [1.29, 1.82) is 0 Å². The van der Waals surface area contributed by atoms with E-state index in [0.717, 1.165) is 38.4 Å². The van der Waals surface area contributed by atoms with E-state index in [2.05, 4.69) is 34.5 Å². The largest absolute Gasteiger partial charge is 0.479 e. The Bertz CT molecular complexity index is 745. The molecule has 1 heterocycles. The van der Waals surface area contributed by atoms with Crippen molar-refractivity contribution in [2.75, 3.05) is 26.3 Å². The van der Waals surface area contributed by atoms with E-state index < -0.39 is 6.10 Å². The lowest BCUT2D eigenvalue weighted by Crippen LogP contribution is -2.36. The van der Waals surface area contributed by atoms with Gasteiger partial charge in [0.25, 0.3) is 5.91 Å². The molecule has 2 aromatic rings. The maximum atomic E-state index is 12.3. The van der Waals surface area contributed by atoms with Gasteiger partial charge < -0.3 is 14.8 Å². The van der Waals surface area contributed by atoms with Crippen LogP contribution in [0, 0.1) is 0 Å². The number of para-hydroxylation sites is 1. The van der Waals surface area contributed by atoms with Crippen molar-refractivity contribution in [1.82, 2.24) is 10.2 Å². The van der Waals surface area contributed by atoms with Crippen LogP contribution in [0.3, 0.4) is 0 Å². The van der Waals surface area contributed by atoms with E-state index in [0.29, 0.717) is 17.3 Å². The number of hydrogen-bond donors (Lipinski definition) is 1. The Morgan fingerprint density at radius 2 is 1.81 bits per heavy atom. The zero-order chi connectivity index (χ0) is 19.1. The van der Waals surface area contributed by atoms with Gasteiger partial charge in [0.1, 0.15) is 5.75 Å². The molecule has 1 amide bonds. The molecular formula is C21H25ClN2O3. The van der Waals surface area contributed by atoms with Gasteiger partial charge in [0.2, 0.25) is 0 Å². The Labute approximate surface area is 165 Å². The molecule has 144 valence electrons. The van der Waals surface area contributed by atoms with Crippen LogP contribution in [0.2, 0.25) is 5.02 Å². The molecule has 1 aliphatic rings. The van der Waals surface area contributed by atoms with Gasteiger partial charge in [-0.05, 0) is 30.2 Å². The highest BCUT2D eigenvalue weighted by Crippen LogP contribution is 2.24. The summed E-state index contributed by atoms with van der Waals surface area (Å²) < 4.78 is 11.0. The maximum absolute atomic E-state index is 12.3. The molecule has 1 aliphatic heterocycles. The predicted molar refractivity (Wildman–Crippen MR) is 106 cm³/mol. The smallest absolute Gasteiger partial charge is 0.261 e. The van der Waals surface area contributed by atoms with Crippen molar-refractivity contribution < 1.29 is 14.3 Å². The average Bonchev–Trinajstić information content (AvgIpc) is 2.69. The van der Waals surface area contributed by atoms with Crippen LogP contribution in [-0.4, -0.2) is 43.2 Å². The lowest BCUT2D eigenvalue weighted by atomic mass is 10.1. The van der Waals surface area contributed by atoms with Crippen LogP contribution >= 0.6 is 11.6 Å². The SMILES string of the molecule is C[C@H](Oc1ccccc1Cl)C(=O)NCc1ccc(CN2CCOCC2)cc1. The van der Waals surface area contributed by atoms with E-state index in [9.17, 15) is 4.79 Å². The van der Waals surface area contributed by atoms with Crippen molar-refractivity contribution in [3.63, 3.8) is 0 Å². The quantitative estimate of drug-likeness (QED) is 0.791. The Morgan fingerprint density at radius 3 is 2.52 bits per heavy atom. The number of morpholine rings is 1. The molecule has 3 rings (SSSR count). The highest BCUT2D eigenvalue weighted by atomic mass is 35.5. The second-order valence-electron chi connectivity index (χ2n) is 6.61.